The molecular formula is C15H9KO10S. The van der Waals surface area contributed by atoms with Gasteiger partial charge in [-0.25, -0.2) is 8.42 Å². The van der Waals surface area contributed by atoms with Gasteiger partial charge in [0, 0.05) is 17.7 Å². The van der Waals surface area contributed by atoms with E-state index in [0.29, 0.717) is 0 Å². The van der Waals surface area contributed by atoms with Gasteiger partial charge < -0.3 is 33.6 Å². The van der Waals surface area contributed by atoms with Crippen molar-refractivity contribution in [2.24, 2.45) is 0 Å². The molecule has 0 saturated carbocycles. The summed E-state index contributed by atoms with van der Waals surface area (Å²) in [5.41, 5.74) is -1.67. The summed E-state index contributed by atoms with van der Waals surface area (Å²) >= 11 is 0. The van der Waals surface area contributed by atoms with Crippen LogP contribution in [0.4, 0.5) is 0 Å². The van der Waals surface area contributed by atoms with Gasteiger partial charge in [-0.2, -0.15) is 0 Å². The zero-order chi connectivity index (χ0) is 19.2. The molecule has 0 radical (unpaired) electrons. The number of benzene rings is 2. The topological polar surface area (TPSA) is 178 Å². The summed E-state index contributed by atoms with van der Waals surface area (Å²) in [6.45, 7) is 0. The second-order valence-corrected chi connectivity index (χ2v) is 6.11. The monoisotopic (exact) mass is 420 g/mol. The van der Waals surface area contributed by atoms with E-state index in [4.69, 9.17) is 4.42 Å². The van der Waals surface area contributed by atoms with E-state index in [2.05, 4.69) is 4.18 Å². The van der Waals surface area contributed by atoms with E-state index in [9.17, 15) is 38.2 Å². The molecule has 0 spiro atoms. The predicted octanol–water partition coefficient (Wildman–Crippen LogP) is -1.87. The van der Waals surface area contributed by atoms with Gasteiger partial charge >= 0.3 is 51.4 Å². The third-order valence-corrected chi connectivity index (χ3v) is 3.71. The smallest absolute Gasteiger partial charge is 0.716 e. The molecule has 27 heavy (non-hydrogen) atoms. The van der Waals surface area contributed by atoms with Gasteiger partial charge in [-0.1, -0.05) is 0 Å². The Hall–Kier alpha value is -1.80. The Morgan fingerprint density at radius 2 is 1.63 bits per heavy atom. The second kappa shape index (κ2) is 7.67. The van der Waals surface area contributed by atoms with E-state index in [1.807, 2.05) is 0 Å². The molecule has 0 fully saturated rings. The summed E-state index contributed by atoms with van der Waals surface area (Å²) in [6.07, 6.45) is 0. The molecule has 1 aromatic heterocycles. The van der Waals surface area contributed by atoms with Gasteiger partial charge in [-0.3, -0.25) is 4.79 Å². The molecule has 0 amide bonds. The molecule has 4 N–H and O–H groups in total. The predicted molar refractivity (Wildman–Crippen MR) is 84.9 cm³/mol. The van der Waals surface area contributed by atoms with Crippen LogP contribution in [-0.2, 0) is 10.4 Å². The van der Waals surface area contributed by atoms with Crippen LogP contribution in [0.25, 0.3) is 22.3 Å². The average molecular weight is 420 g/mol. The average Bonchev–Trinajstić information content (AvgIpc) is 2.50. The Balaban J connectivity index is 0.00000261. The number of hydrogen-bond acceptors (Lipinski definition) is 10. The fraction of sp³-hybridized carbons (Fsp3) is 0. The zero-order valence-electron chi connectivity index (χ0n) is 13.5. The molecule has 10 nitrogen and oxygen atoms in total. The van der Waals surface area contributed by atoms with E-state index in [1.165, 1.54) is 0 Å². The summed E-state index contributed by atoms with van der Waals surface area (Å²) < 4.78 is 42.4. The molecule has 0 aliphatic carbocycles. The van der Waals surface area contributed by atoms with Crippen molar-refractivity contribution >= 4 is 21.4 Å². The van der Waals surface area contributed by atoms with Gasteiger partial charge in [0.25, 0.3) is 10.4 Å². The standard InChI is InChI=1S/C15H10O10S.K/c16-7-4-10(19)12-11(5-7)24-14(6-1-2-8(17)9(18)3-6)15(13(12)20)25-26(21,22)23;/h1-5,16-19H,(H,21,22,23);/q;+1/p-1. The maximum Gasteiger partial charge on any atom is 1.00 e. The fourth-order valence-electron chi connectivity index (χ4n) is 2.30. The zero-order valence-corrected chi connectivity index (χ0v) is 17.5. The maximum atomic E-state index is 12.5. The van der Waals surface area contributed by atoms with Gasteiger partial charge in [0.05, 0.1) is 0 Å². The first kappa shape index (κ1) is 21.5. The van der Waals surface area contributed by atoms with Crippen LogP contribution < -0.4 is 61.0 Å². The molecule has 3 aromatic rings. The molecular weight excluding hydrogens is 411 g/mol. The van der Waals surface area contributed by atoms with Crippen LogP contribution in [0, 0.1) is 0 Å². The van der Waals surface area contributed by atoms with Crippen molar-refractivity contribution < 1.29 is 93.4 Å². The van der Waals surface area contributed by atoms with E-state index in [0.717, 1.165) is 30.3 Å². The minimum atomic E-state index is -5.39. The first-order valence-corrected chi connectivity index (χ1v) is 8.10. The van der Waals surface area contributed by atoms with Crippen LogP contribution in [0.15, 0.2) is 39.5 Å². The molecule has 0 bridgehead atoms. The van der Waals surface area contributed by atoms with Crippen LogP contribution in [-0.4, -0.2) is 33.4 Å². The summed E-state index contributed by atoms with van der Waals surface area (Å²) in [6, 6.07) is 4.86. The van der Waals surface area contributed by atoms with Crippen LogP contribution in [0.2, 0.25) is 0 Å². The molecule has 136 valence electrons. The molecule has 0 aliphatic rings. The Kier molecular flexibility index (Phi) is 6.11. The second-order valence-electron chi connectivity index (χ2n) is 5.12. The molecule has 0 saturated heterocycles. The van der Waals surface area contributed by atoms with Gasteiger partial charge in [0.15, 0.2) is 17.3 Å². The first-order chi connectivity index (χ1) is 12.1. The Morgan fingerprint density at radius 1 is 0.963 bits per heavy atom. The van der Waals surface area contributed by atoms with Crippen molar-refractivity contribution in [3.63, 3.8) is 0 Å². The Bertz CT molecular complexity index is 1200. The molecule has 12 heteroatoms. The Morgan fingerprint density at radius 3 is 2.22 bits per heavy atom. The van der Waals surface area contributed by atoms with Crippen molar-refractivity contribution in [2.45, 2.75) is 0 Å². The van der Waals surface area contributed by atoms with E-state index in [1.54, 1.807) is 0 Å². The number of phenolic OH excluding ortho intramolecular Hbond substituents is 4. The van der Waals surface area contributed by atoms with Crippen molar-refractivity contribution in [1.29, 1.82) is 0 Å². The quantitative estimate of drug-likeness (QED) is 0.162. The van der Waals surface area contributed by atoms with E-state index >= 15 is 0 Å². The number of fused-ring (bicyclic) bond motifs is 1. The normalized spacial score (nSPS) is 11.1. The van der Waals surface area contributed by atoms with Gasteiger partial charge in [-0.05, 0) is 18.2 Å². The van der Waals surface area contributed by atoms with Crippen LogP contribution in [0.3, 0.4) is 0 Å². The number of phenols is 4. The summed E-state index contributed by atoms with van der Waals surface area (Å²) in [4.78, 5) is 12.5. The summed E-state index contributed by atoms with van der Waals surface area (Å²) in [5.74, 6) is -3.96. The van der Waals surface area contributed by atoms with Crippen LogP contribution >= 0.6 is 0 Å². The number of aromatic hydroxyl groups is 4. The van der Waals surface area contributed by atoms with Crippen molar-refractivity contribution in [2.75, 3.05) is 0 Å². The number of hydrogen-bond donors (Lipinski definition) is 4. The van der Waals surface area contributed by atoms with Crippen molar-refractivity contribution in [1.82, 2.24) is 0 Å². The molecule has 0 aliphatic heterocycles. The molecule has 2 aromatic carbocycles. The van der Waals surface area contributed by atoms with E-state index < -0.39 is 55.7 Å². The Labute approximate surface area is 193 Å². The number of rotatable bonds is 3. The maximum absolute atomic E-state index is 12.5. The largest absolute Gasteiger partial charge is 1.00 e. The van der Waals surface area contributed by atoms with Crippen molar-refractivity contribution in [3.8, 4) is 40.1 Å². The molecule has 0 unspecified atom stereocenters. The van der Waals surface area contributed by atoms with Gasteiger partial charge in [0.2, 0.25) is 11.2 Å². The minimum absolute atomic E-state index is 0. The van der Waals surface area contributed by atoms with Crippen LogP contribution in [0.5, 0.6) is 28.7 Å². The van der Waals surface area contributed by atoms with E-state index in [-0.39, 0.29) is 62.5 Å². The molecule has 0 atom stereocenters. The SMILES string of the molecule is O=c1c(OS(=O)(=O)[O-])c(-c2ccc(O)c(O)c2)oc2cc(O)cc(O)c12.[K+]. The third kappa shape index (κ3) is 4.38. The van der Waals surface area contributed by atoms with Crippen LogP contribution in [0.1, 0.15) is 0 Å². The first-order valence-electron chi connectivity index (χ1n) is 6.77. The molecule has 1 heterocycles. The minimum Gasteiger partial charge on any atom is -0.716 e. The fourth-order valence-corrected chi connectivity index (χ4v) is 2.66. The molecule has 3 rings (SSSR count). The summed E-state index contributed by atoms with van der Waals surface area (Å²) in [5, 5.41) is 37.8. The van der Waals surface area contributed by atoms with Gasteiger partial charge in [0.1, 0.15) is 22.5 Å². The van der Waals surface area contributed by atoms with Gasteiger partial charge in [-0.15, -0.1) is 0 Å². The third-order valence-electron chi connectivity index (χ3n) is 3.34. The van der Waals surface area contributed by atoms with Crippen molar-refractivity contribution in [3.05, 3.63) is 40.6 Å². The summed E-state index contributed by atoms with van der Waals surface area (Å²) in [7, 11) is -5.39.